The van der Waals surface area contributed by atoms with Gasteiger partial charge in [0.25, 0.3) is 0 Å². The first kappa shape index (κ1) is 14.3. The minimum atomic E-state index is -3.35. The number of carbonyl (C=O) groups is 1. The Hall–Kier alpha value is -0.690. The zero-order valence-electron chi connectivity index (χ0n) is 8.98. The monoisotopic (exact) mass is 252 g/mol. The summed E-state index contributed by atoms with van der Waals surface area (Å²) in [5.41, 5.74) is 5.29. The van der Waals surface area contributed by atoms with Crippen molar-refractivity contribution in [1.29, 1.82) is 0 Å². The van der Waals surface area contributed by atoms with Crippen molar-refractivity contribution in [3.63, 3.8) is 0 Å². The first-order valence-electron chi connectivity index (χ1n) is 4.42. The summed E-state index contributed by atoms with van der Waals surface area (Å²) >= 11 is 4.67. The third-order valence-electron chi connectivity index (χ3n) is 1.91. The van der Waals surface area contributed by atoms with Crippen molar-refractivity contribution in [2.45, 2.75) is 31.6 Å². The third kappa shape index (κ3) is 5.68. The van der Waals surface area contributed by atoms with Crippen LogP contribution in [0, 0.1) is 0 Å². The summed E-state index contributed by atoms with van der Waals surface area (Å²) in [5, 5.41) is 1.48. The predicted octanol–water partition coefficient (Wildman–Crippen LogP) is -0.400. The number of carbonyl (C=O) groups excluding carboxylic acids is 1. The van der Waals surface area contributed by atoms with Crippen LogP contribution in [0.15, 0.2) is 0 Å². The van der Waals surface area contributed by atoms with Gasteiger partial charge in [0.15, 0.2) is 9.84 Å². The fourth-order valence-corrected chi connectivity index (χ4v) is 1.61. The first-order valence-corrected chi connectivity index (χ1v) is 6.78. The highest BCUT2D eigenvalue weighted by molar-refractivity contribution is 7.92. The number of thiocarbonyl (C=S) groups is 1. The SMILES string of the molecule is CC(CC(N)=S)NC(=O)C(C)S(C)(=O)=O. The van der Waals surface area contributed by atoms with Gasteiger partial charge < -0.3 is 11.1 Å². The van der Waals surface area contributed by atoms with Gasteiger partial charge >= 0.3 is 0 Å². The maximum absolute atomic E-state index is 11.4. The molecule has 0 saturated carbocycles. The van der Waals surface area contributed by atoms with Crippen molar-refractivity contribution >= 4 is 33.0 Å². The van der Waals surface area contributed by atoms with Crippen LogP contribution >= 0.6 is 12.2 Å². The molecule has 0 fully saturated rings. The second-order valence-electron chi connectivity index (χ2n) is 3.55. The summed E-state index contributed by atoms with van der Waals surface area (Å²) in [7, 11) is -3.35. The van der Waals surface area contributed by atoms with Crippen molar-refractivity contribution < 1.29 is 13.2 Å². The van der Waals surface area contributed by atoms with Crippen molar-refractivity contribution in [2.75, 3.05) is 6.26 Å². The standard InChI is InChI=1S/C8H16N2O3S2/c1-5(4-7(9)14)10-8(11)6(2)15(3,12)13/h5-6H,4H2,1-3H3,(H2,9,14)(H,10,11). The number of rotatable bonds is 5. The Morgan fingerprint density at radius 1 is 1.47 bits per heavy atom. The molecule has 2 atom stereocenters. The quantitative estimate of drug-likeness (QED) is 0.650. The summed E-state index contributed by atoms with van der Waals surface area (Å²) in [6, 6.07) is -0.251. The molecule has 7 heteroatoms. The molecule has 15 heavy (non-hydrogen) atoms. The molecule has 0 heterocycles. The zero-order chi connectivity index (χ0) is 12.2. The van der Waals surface area contributed by atoms with E-state index < -0.39 is 21.0 Å². The van der Waals surface area contributed by atoms with E-state index in [0.29, 0.717) is 6.42 Å². The van der Waals surface area contributed by atoms with Crippen LogP contribution in [-0.4, -0.2) is 36.9 Å². The van der Waals surface area contributed by atoms with Crippen LogP contribution in [-0.2, 0) is 14.6 Å². The van der Waals surface area contributed by atoms with Crippen molar-refractivity contribution in [3.8, 4) is 0 Å². The van der Waals surface area contributed by atoms with E-state index in [4.69, 9.17) is 5.73 Å². The molecule has 0 aromatic carbocycles. The fraction of sp³-hybridized carbons (Fsp3) is 0.750. The highest BCUT2D eigenvalue weighted by Crippen LogP contribution is 1.99. The van der Waals surface area contributed by atoms with Gasteiger partial charge in [-0.1, -0.05) is 12.2 Å². The summed E-state index contributed by atoms with van der Waals surface area (Å²) in [6.07, 6.45) is 1.38. The molecule has 0 spiro atoms. The number of sulfone groups is 1. The minimum Gasteiger partial charge on any atom is -0.393 e. The molecule has 0 aromatic rings. The molecule has 3 N–H and O–H groups in total. The molecule has 88 valence electrons. The summed E-state index contributed by atoms with van der Waals surface area (Å²) in [4.78, 5) is 11.7. The average molecular weight is 252 g/mol. The summed E-state index contributed by atoms with van der Waals surface area (Å²) < 4.78 is 22.1. The van der Waals surface area contributed by atoms with Crippen LogP contribution in [0.25, 0.3) is 0 Å². The Morgan fingerprint density at radius 3 is 2.27 bits per heavy atom. The Balaban J connectivity index is 4.32. The van der Waals surface area contributed by atoms with Crippen molar-refractivity contribution in [2.24, 2.45) is 5.73 Å². The fourth-order valence-electron chi connectivity index (χ4n) is 0.907. The topological polar surface area (TPSA) is 89.3 Å². The van der Waals surface area contributed by atoms with Crippen molar-refractivity contribution in [1.82, 2.24) is 5.32 Å². The van der Waals surface area contributed by atoms with E-state index in [1.807, 2.05) is 0 Å². The van der Waals surface area contributed by atoms with Crippen LogP contribution in [0.3, 0.4) is 0 Å². The first-order chi connectivity index (χ1) is 6.64. The Kier molecular flexibility index (Phi) is 5.16. The van der Waals surface area contributed by atoms with E-state index in [1.165, 1.54) is 6.92 Å². The Morgan fingerprint density at radius 2 is 1.93 bits per heavy atom. The number of hydrogen-bond acceptors (Lipinski definition) is 4. The highest BCUT2D eigenvalue weighted by Gasteiger charge is 2.24. The minimum absolute atomic E-state index is 0.251. The zero-order valence-corrected chi connectivity index (χ0v) is 10.6. The summed E-state index contributed by atoms with van der Waals surface area (Å²) in [5.74, 6) is -0.527. The smallest absolute Gasteiger partial charge is 0.238 e. The normalized spacial score (nSPS) is 15.4. The third-order valence-corrected chi connectivity index (χ3v) is 3.57. The van der Waals surface area contributed by atoms with Gasteiger partial charge in [-0.2, -0.15) is 0 Å². The lowest BCUT2D eigenvalue weighted by Crippen LogP contribution is -2.43. The Labute approximate surface area is 95.3 Å². The maximum atomic E-state index is 11.4. The molecule has 2 unspecified atom stereocenters. The molecule has 5 nitrogen and oxygen atoms in total. The van der Waals surface area contributed by atoms with E-state index in [2.05, 4.69) is 17.5 Å². The number of nitrogens with one attached hydrogen (secondary N) is 1. The van der Waals surface area contributed by atoms with Crippen molar-refractivity contribution in [3.05, 3.63) is 0 Å². The number of nitrogens with two attached hydrogens (primary N) is 1. The van der Waals surface area contributed by atoms with E-state index in [-0.39, 0.29) is 11.0 Å². The van der Waals surface area contributed by atoms with E-state index in [0.717, 1.165) is 6.26 Å². The van der Waals surface area contributed by atoms with Gasteiger partial charge in [-0.3, -0.25) is 4.79 Å². The van der Waals surface area contributed by atoms with E-state index in [9.17, 15) is 13.2 Å². The van der Waals surface area contributed by atoms with E-state index >= 15 is 0 Å². The molecule has 0 aromatic heterocycles. The molecule has 0 bridgehead atoms. The number of hydrogen-bond donors (Lipinski definition) is 2. The molecule has 0 saturated heterocycles. The Bertz CT molecular complexity index is 351. The second-order valence-corrected chi connectivity index (χ2v) is 6.44. The lowest BCUT2D eigenvalue weighted by molar-refractivity contribution is -0.120. The average Bonchev–Trinajstić information content (AvgIpc) is 1.99. The number of amides is 1. The van der Waals surface area contributed by atoms with Gasteiger partial charge in [0.2, 0.25) is 5.91 Å². The lowest BCUT2D eigenvalue weighted by atomic mass is 10.2. The van der Waals surface area contributed by atoms with Gasteiger partial charge in [0.05, 0.1) is 4.99 Å². The van der Waals surface area contributed by atoms with E-state index in [1.54, 1.807) is 6.92 Å². The molecule has 0 radical (unpaired) electrons. The molecule has 1 amide bonds. The van der Waals surface area contributed by atoms with Crippen LogP contribution in [0.4, 0.5) is 0 Å². The highest BCUT2D eigenvalue weighted by atomic mass is 32.2. The van der Waals surface area contributed by atoms with Gasteiger partial charge in [-0.05, 0) is 13.8 Å². The molecular formula is C8H16N2O3S2. The lowest BCUT2D eigenvalue weighted by Gasteiger charge is -2.15. The van der Waals surface area contributed by atoms with Gasteiger partial charge in [-0.15, -0.1) is 0 Å². The van der Waals surface area contributed by atoms with Crippen LogP contribution in [0.1, 0.15) is 20.3 Å². The van der Waals surface area contributed by atoms with Gasteiger partial charge in [-0.25, -0.2) is 8.42 Å². The maximum Gasteiger partial charge on any atom is 0.238 e. The molecule has 0 aliphatic carbocycles. The molecule has 0 aliphatic heterocycles. The summed E-state index contributed by atoms with van der Waals surface area (Å²) in [6.45, 7) is 3.06. The molecule has 0 rings (SSSR count). The largest absolute Gasteiger partial charge is 0.393 e. The van der Waals surface area contributed by atoms with Gasteiger partial charge in [0, 0.05) is 18.7 Å². The second kappa shape index (κ2) is 5.41. The predicted molar refractivity (Wildman–Crippen MR) is 63.3 cm³/mol. The molecule has 0 aliphatic rings. The molecular weight excluding hydrogens is 236 g/mol. The van der Waals surface area contributed by atoms with Crippen LogP contribution in [0.5, 0.6) is 0 Å². The van der Waals surface area contributed by atoms with Crippen LogP contribution < -0.4 is 11.1 Å². The van der Waals surface area contributed by atoms with Crippen LogP contribution in [0.2, 0.25) is 0 Å². The van der Waals surface area contributed by atoms with Gasteiger partial charge in [0.1, 0.15) is 5.25 Å².